The molecule has 108 valence electrons. The molecule has 0 saturated heterocycles. The summed E-state index contributed by atoms with van der Waals surface area (Å²) in [5, 5.41) is 2.98. The highest BCUT2D eigenvalue weighted by atomic mass is 35.5. The first-order valence-electron chi connectivity index (χ1n) is 5.30. The third kappa shape index (κ3) is 5.38. The van der Waals surface area contributed by atoms with E-state index in [1.165, 1.54) is 6.07 Å². The van der Waals surface area contributed by atoms with Crippen LogP contribution in [0, 0.1) is 5.82 Å². The molecule has 0 amide bonds. The van der Waals surface area contributed by atoms with Gasteiger partial charge in [-0.1, -0.05) is 23.2 Å². The summed E-state index contributed by atoms with van der Waals surface area (Å²) in [6.07, 6.45) is 0. The van der Waals surface area contributed by atoms with Crippen molar-refractivity contribution in [3.8, 4) is 0 Å². The Morgan fingerprint density at radius 2 is 1.95 bits per heavy atom. The second kappa shape index (κ2) is 7.02. The number of hydrogen-bond donors (Lipinski definition) is 1. The van der Waals surface area contributed by atoms with Gasteiger partial charge in [-0.3, -0.25) is 0 Å². The number of rotatable bonds is 5. The first-order chi connectivity index (χ1) is 8.72. The lowest BCUT2D eigenvalue weighted by Gasteiger charge is -2.17. The van der Waals surface area contributed by atoms with E-state index in [0.29, 0.717) is 5.56 Å². The molecule has 1 nitrogen and oxygen atoms in total. The minimum Gasteiger partial charge on any atom is -0.309 e. The highest BCUT2D eigenvalue weighted by Gasteiger charge is 2.27. The van der Waals surface area contributed by atoms with Crippen LogP contribution in [-0.4, -0.2) is 17.8 Å². The second-order valence-electron chi connectivity index (χ2n) is 3.73. The SMILES string of the molecule is CC(NCCSC(F)(F)F)c1c(Cl)ccc(F)c1Cl. The zero-order chi connectivity index (χ0) is 14.6. The zero-order valence-corrected chi connectivity index (χ0v) is 12.2. The fraction of sp³-hybridized carbons (Fsp3) is 0.455. The average molecular weight is 336 g/mol. The third-order valence-electron chi connectivity index (χ3n) is 2.33. The fourth-order valence-electron chi connectivity index (χ4n) is 1.48. The summed E-state index contributed by atoms with van der Waals surface area (Å²) in [4.78, 5) is 0. The van der Waals surface area contributed by atoms with Gasteiger partial charge in [0.15, 0.2) is 0 Å². The van der Waals surface area contributed by atoms with E-state index >= 15 is 0 Å². The molecular weight excluding hydrogens is 325 g/mol. The Kier molecular flexibility index (Phi) is 6.23. The minimum atomic E-state index is -4.25. The van der Waals surface area contributed by atoms with E-state index in [1.807, 2.05) is 0 Å². The monoisotopic (exact) mass is 335 g/mol. The van der Waals surface area contributed by atoms with Gasteiger partial charge in [0.25, 0.3) is 0 Å². The number of halogens is 6. The highest BCUT2D eigenvalue weighted by molar-refractivity contribution is 8.00. The van der Waals surface area contributed by atoms with Crippen LogP contribution >= 0.6 is 35.0 Å². The number of nitrogens with one attached hydrogen (secondary N) is 1. The van der Waals surface area contributed by atoms with Gasteiger partial charge in [-0.2, -0.15) is 13.2 Å². The summed E-state index contributed by atoms with van der Waals surface area (Å²) in [6, 6.07) is 2.06. The molecule has 1 N–H and O–H groups in total. The lowest BCUT2D eigenvalue weighted by Crippen LogP contribution is -2.23. The molecule has 0 fully saturated rings. The van der Waals surface area contributed by atoms with Crippen LogP contribution in [-0.2, 0) is 0 Å². The van der Waals surface area contributed by atoms with Crippen molar-refractivity contribution in [2.24, 2.45) is 0 Å². The van der Waals surface area contributed by atoms with Crippen molar-refractivity contribution >= 4 is 35.0 Å². The van der Waals surface area contributed by atoms with Gasteiger partial charge >= 0.3 is 5.51 Å². The standard InChI is InChI=1S/C11H11Cl2F4NS/c1-6(18-4-5-19-11(15,16)17)9-7(12)2-3-8(14)10(9)13/h2-3,6,18H,4-5H2,1H3. The van der Waals surface area contributed by atoms with Crippen molar-refractivity contribution in [1.82, 2.24) is 5.32 Å². The molecule has 1 atom stereocenters. The predicted octanol–water partition coefficient (Wildman–Crippen LogP) is 5.04. The van der Waals surface area contributed by atoms with Crippen LogP contribution in [0.15, 0.2) is 12.1 Å². The molecule has 1 unspecified atom stereocenters. The smallest absolute Gasteiger partial charge is 0.309 e. The number of thioether (sulfide) groups is 1. The topological polar surface area (TPSA) is 12.0 Å². The van der Waals surface area contributed by atoms with E-state index in [1.54, 1.807) is 6.92 Å². The maximum atomic E-state index is 13.3. The molecule has 1 rings (SSSR count). The van der Waals surface area contributed by atoms with Gasteiger partial charge in [0.05, 0.1) is 5.02 Å². The zero-order valence-electron chi connectivity index (χ0n) is 9.82. The molecule has 0 spiro atoms. The van der Waals surface area contributed by atoms with Crippen molar-refractivity contribution in [2.45, 2.75) is 18.5 Å². The van der Waals surface area contributed by atoms with Crippen molar-refractivity contribution < 1.29 is 17.6 Å². The Bertz CT molecular complexity index is 439. The predicted molar refractivity (Wildman–Crippen MR) is 71.4 cm³/mol. The number of alkyl halides is 3. The van der Waals surface area contributed by atoms with Gasteiger partial charge in [-0.05, 0) is 30.8 Å². The molecule has 8 heteroatoms. The summed E-state index contributed by atoms with van der Waals surface area (Å²) < 4.78 is 49.1. The van der Waals surface area contributed by atoms with Gasteiger partial charge in [0.1, 0.15) is 5.82 Å². The average Bonchev–Trinajstić information content (AvgIpc) is 2.29. The normalized spacial score (nSPS) is 13.6. The van der Waals surface area contributed by atoms with Crippen LogP contribution in [0.5, 0.6) is 0 Å². The first-order valence-corrected chi connectivity index (χ1v) is 7.04. The number of hydrogen-bond acceptors (Lipinski definition) is 2. The third-order valence-corrected chi connectivity index (χ3v) is 3.78. The molecule has 0 aliphatic carbocycles. The molecule has 0 heterocycles. The summed E-state index contributed by atoms with van der Waals surface area (Å²) in [5.41, 5.74) is -3.90. The van der Waals surface area contributed by atoms with E-state index in [9.17, 15) is 17.6 Å². The lowest BCUT2D eigenvalue weighted by atomic mass is 10.1. The Morgan fingerprint density at radius 3 is 2.53 bits per heavy atom. The molecule has 0 aromatic heterocycles. The van der Waals surface area contributed by atoms with Crippen LogP contribution in [0.25, 0.3) is 0 Å². The van der Waals surface area contributed by atoms with E-state index < -0.39 is 17.4 Å². The van der Waals surface area contributed by atoms with Gasteiger partial charge in [0, 0.05) is 28.9 Å². The van der Waals surface area contributed by atoms with Crippen LogP contribution in [0.3, 0.4) is 0 Å². The van der Waals surface area contributed by atoms with Crippen LogP contribution in [0.1, 0.15) is 18.5 Å². The van der Waals surface area contributed by atoms with Gasteiger partial charge < -0.3 is 5.32 Å². The maximum absolute atomic E-state index is 13.3. The Hall–Kier alpha value is -0.170. The molecule has 19 heavy (non-hydrogen) atoms. The van der Waals surface area contributed by atoms with Gasteiger partial charge in [0.2, 0.25) is 0 Å². The highest BCUT2D eigenvalue weighted by Crippen LogP contribution is 2.33. The van der Waals surface area contributed by atoms with Crippen LogP contribution in [0.2, 0.25) is 10.0 Å². The van der Waals surface area contributed by atoms with Crippen LogP contribution < -0.4 is 5.32 Å². The van der Waals surface area contributed by atoms with Crippen LogP contribution in [0.4, 0.5) is 17.6 Å². The summed E-state index contributed by atoms with van der Waals surface area (Å²) in [5.74, 6) is -0.752. The van der Waals surface area contributed by atoms with E-state index in [0.717, 1.165) is 6.07 Å². The summed E-state index contributed by atoms with van der Waals surface area (Å²) >= 11 is 11.6. The summed E-state index contributed by atoms with van der Waals surface area (Å²) in [7, 11) is 0. The number of benzene rings is 1. The molecule has 0 radical (unpaired) electrons. The maximum Gasteiger partial charge on any atom is 0.441 e. The summed E-state index contributed by atoms with van der Waals surface area (Å²) in [6.45, 7) is 1.76. The molecule has 1 aromatic carbocycles. The van der Waals surface area contributed by atoms with Crippen molar-refractivity contribution in [1.29, 1.82) is 0 Å². The second-order valence-corrected chi connectivity index (χ2v) is 5.67. The minimum absolute atomic E-state index is 0.106. The van der Waals surface area contributed by atoms with Gasteiger partial charge in [-0.25, -0.2) is 4.39 Å². The Balaban J connectivity index is 2.59. The molecule has 0 aliphatic heterocycles. The molecule has 0 saturated carbocycles. The van der Waals surface area contributed by atoms with Crippen molar-refractivity contribution in [3.63, 3.8) is 0 Å². The molecule has 1 aromatic rings. The quantitative estimate of drug-likeness (QED) is 0.459. The molecular formula is C11H11Cl2F4NS. The van der Waals surface area contributed by atoms with E-state index in [2.05, 4.69) is 5.32 Å². The van der Waals surface area contributed by atoms with Gasteiger partial charge in [-0.15, -0.1) is 0 Å². The van der Waals surface area contributed by atoms with Crippen molar-refractivity contribution in [3.05, 3.63) is 33.6 Å². The molecule has 0 bridgehead atoms. The first kappa shape index (κ1) is 16.9. The fourth-order valence-corrected chi connectivity index (χ4v) is 2.63. The van der Waals surface area contributed by atoms with E-state index in [4.69, 9.17) is 23.2 Å². The van der Waals surface area contributed by atoms with E-state index in [-0.39, 0.29) is 34.1 Å². The lowest BCUT2D eigenvalue weighted by molar-refractivity contribution is -0.0327. The molecule has 0 aliphatic rings. The Labute approximate surface area is 122 Å². The van der Waals surface area contributed by atoms with Crippen molar-refractivity contribution in [2.75, 3.05) is 12.3 Å². The Morgan fingerprint density at radius 1 is 1.32 bits per heavy atom. The largest absolute Gasteiger partial charge is 0.441 e.